The zero-order valence-corrected chi connectivity index (χ0v) is 18.7. The Kier molecular flexibility index (Phi) is 4.91. The van der Waals surface area contributed by atoms with E-state index < -0.39 is 0 Å². The molecule has 31 heavy (non-hydrogen) atoms. The van der Waals surface area contributed by atoms with Crippen molar-refractivity contribution in [2.75, 3.05) is 25.1 Å². The predicted molar refractivity (Wildman–Crippen MR) is 122 cm³/mol. The number of piperazine rings is 1. The van der Waals surface area contributed by atoms with Gasteiger partial charge in [-0.2, -0.15) is 0 Å². The van der Waals surface area contributed by atoms with Crippen molar-refractivity contribution in [2.24, 2.45) is 0 Å². The number of ether oxygens (including phenoxy) is 1. The Morgan fingerprint density at radius 2 is 1.84 bits per heavy atom. The van der Waals surface area contributed by atoms with Crippen LogP contribution in [0, 0.1) is 6.92 Å². The molecule has 0 amide bonds. The highest BCUT2D eigenvalue weighted by Gasteiger charge is 2.22. The summed E-state index contributed by atoms with van der Waals surface area (Å²) in [6.45, 7) is 8.16. The Bertz CT molecular complexity index is 1280. The van der Waals surface area contributed by atoms with Crippen molar-refractivity contribution in [3.63, 3.8) is 0 Å². The quantitative estimate of drug-likeness (QED) is 0.525. The molecule has 1 aliphatic heterocycles. The molecule has 0 aliphatic carbocycles. The summed E-state index contributed by atoms with van der Waals surface area (Å²) >= 11 is 6.69. The van der Waals surface area contributed by atoms with Crippen LogP contribution < -0.4 is 15.0 Å². The Morgan fingerprint density at radius 1 is 1.06 bits per heavy atom. The minimum absolute atomic E-state index is 0.415. The van der Waals surface area contributed by atoms with Gasteiger partial charge in [-0.3, -0.25) is 0 Å². The molecule has 0 unspecified atom stereocenters. The Labute approximate surface area is 185 Å². The maximum Gasteiger partial charge on any atom is 0.258 e. The molecule has 160 valence electrons. The van der Waals surface area contributed by atoms with Crippen LogP contribution in [0.3, 0.4) is 0 Å². The van der Waals surface area contributed by atoms with E-state index in [0.29, 0.717) is 45.7 Å². The number of methoxy groups -OCH3 is 1. The number of hydrogen-bond donors (Lipinski definition) is 1. The number of hydrogen-bond acceptors (Lipinski definition) is 7. The van der Waals surface area contributed by atoms with Crippen molar-refractivity contribution in [3.8, 4) is 17.3 Å². The second-order valence-corrected chi connectivity index (χ2v) is 8.58. The van der Waals surface area contributed by atoms with Gasteiger partial charge in [0.25, 0.3) is 5.88 Å². The zero-order chi connectivity index (χ0) is 21.7. The van der Waals surface area contributed by atoms with E-state index >= 15 is 0 Å². The fourth-order valence-electron chi connectivity index (χ4n) is 4.25. The molecule has 4 aromatic heterocycles. The summed E-state index contributed by atoms with van der Waals surface area (Å²) in [5, 5.41) is 4.97. The van der Waals surface area contributed by atoms with Crippen molar-refractivity contribution in [1.29, 1.82) is 0 Å². The van der Waals surface area contributed by atoms with E-state index in [1.807, 2.05) is 36.0 Å². The van der Waals surface area contributed by atoms with Crippen LogP contribution in [0.2, 0.25) is 5.02 Å². The Balaban J connectivity index is 1.57. The monoisotopic (exact) mass is 437 g/mol. The van der Waals surface area contributed by atoms with Crippen LogP contribution in [-0.2, 0) is 0 Å². The summed E-state index contributed by atoms with van der Waals surface area (Å²) in [6.07, 6.45) is 5.67. The van der Waals surface area contributed by atoms with Crippen molar-refractivity contribution in [3.05, 3.63) is 41.4 Å². The second-order valence-electron chi connectivity index (χ2n) is 8.18. The third kappa shape index (κ3) is 3.66. The lowest BCUT2D eigenvalue weighted by molar-refractivity contribution is 0.400. The number of fused-ring (bicyclic) bond motifs is 2. The fraction of sp³-hybridized carbons (Fsp3) is 0.364. The molecule has 8 nitrogen and oxygen atoms in total. The normalized spacial score (nSPS) is 19.3. The summed E-state index contributed by atoms with van der Waals surface area (Å²) in [5.74, 6) is 0.439. The van der Waals surface area contributed by atoms with Gasteiger partial charge in [0.15, 0.2) is 5.65 Å². The highest BCUT2D eigenvalue weighted by molar-refractivity contribution is 6.35. The molecule has 0 radical (unpaired) electrons. The summed E-state index contributed by atoms with van der Waals surface area (Å²) in [5.41, 5.74) is 4.46. The molecule has 0 spiro atoms. The van der Waals surface area contributed by atoms with Gasteiger partial charge < -0.3 is 19.4 Å². The molecule has 2 atom stereocenters. The number of halogens is 1. The van der Waals surface area contributed by atoms with Crippen molar-refractivity contribution in [1.82, 2.24) is 29.7 Å². The third-order valence-corrected chi connectivity index (χ3v) is 5.82. The Morgan fingerprint density at radius 3 is 2.58 bits per heavy atom. The first-order chi connectivity index (χ1) is 14.9. The van der Waals surface area contributed by atoms with Gasteiger partial charge in [0, 0.05) is 43.0 Å². The van der Waals surface area contributed by atoms with E-state index in [1.165, 1.54) is 0 Å². The van der Waals surface area contributed by atoms with E-state index in [1.54, 1.807) is 7.11 Å². The lowest BCUT2D eigenvalue weighted by Crippen LogP contribution is -2.54. The second kappa shape index (κ2) is 7.62. The first kappa shape index (κ1) is 20.0. The molecule has 4 aromatic rings. The molecule has 9 heteroatoms. The molecular weight excluding hydrogens is 414 g/mol. The van der Waals surface area contributed by atoms with Crippen molar-refractivity contribution < 1.29 is 4.74 Å². The van der Waals surface area contributed by atoms with Crippen LogP contribution in [0.15, 0.2) is 30.7 Å². The molecule has 1 N–H and O–H groups in total. The lowest BCUT2D eigenvalue weighted by Gasteiger charge is -2.37. The summed E-state index contributed by atoms with van der Waals surface area (Å²) in [6, 6.07) is 4.73. The molecule has 0 aromatic carbocycles. The molecule has 5 heterocycles. The standard InChI is InChI=1S/C22H24ClN7O/c1-12-8-29(9-13(2)25-12)15-5-16-17(23)6-18(27-20(16)24-7-15)19-11-30-10-14(3)26-21(30)22(28-19)31-4/h5-7,10-13,25H,8-9H2,1-4H3/t12-,13+. The zero-order valence-electron chi connectivity index (χ0n) is 17.9. The first-order valence-corrected chi connectivity index (χ1v) is 10.7. The highest BCUT2D eigenvalue weighted by Crippen LogP contribution is 2.31. The molecule has 1 aliphatic rings. The number of aromatic nitrogens is 5. The van der Waals surface area contributed by atoms with Gasteiger partial charge in [-0.15, -0.1) is 0 Å². The number of nitrogens with zero attached hydrogens (tertiary/aromatic N) is 6. The van der Waals surface area contributed by atoms with E-state index in [4.69, 9.17) is 21.3 Å². The minimum Gasteiger partial charge on any atom is -0.478 e. The van der Waals surface area contributed by atoms with Gasteiger partial charge in [0.05, 0.1) is 35.4 Å². The van der Waals surface area contributed by atoms with E-state index in [9.17, 15) is 0 Å². The van der Waals surface area contributed by atoms with Crippen LogP contribution >= 0.6 is 11.6 Å². The average Bonchev–Trinajstić information content (AvgIpc) is 3.12. The van der Waals surface area contributed by atoms with Gasteiger partial charge in [-0.1, -0.05) is 11.6 Å². The number of rotatable bonds is 3. The molecule has 1 fully saturated rings. The topological polar surface area (TPSA) is 80.5 Å². The summed E-state index contributed by atoms with van der Waals surface area (Å²) < 4.78 is 7.33. The van der Waals surface area contributed by atoms with E-state index in [0.717, 1.165) is 29.9 Å². The number of imidazole rings is 1. The molecular formula is C22H24ClN7O. The number of pyridine rings is 2. The molecule has 5 rings (SSSR count). The van der Waals surface area contributed by atoms with Gasteiger partial charge in [-0.25, -0.2) is 19.9 Å². The molecule has 0 saturated carbocycles. The number of anilines is 1. The largest absolute Gasteiger partial charge is 0.478 e. The van der Waals surface area contributed by atoms with Crippen LogP contribution in [0.25, 0.3) is 28.1 Å². The van der Waals surface area contributed by atoms with E-state index in [2.05, 4.69) is 45.1 Å². The van der Waals surface area contributed by atoms with Crippen LogP contribution in [0.4, 0.5) is 5.69 Å². The van der Waals surface area contributed by atoms with Gasteiger partial charge in [-0.05, 0) is 32.9 Å². The van der Waals surface area contributed by atoms with Gasteiger partial charge in [0.2, 0.25) is 5.65 Å². The minimum atomic E-state index is 0.415. The van der Waals surface area contributed by atoms with Crippen molar-refractivity contribution >= 4 is 34.0 Å². The van der Waals surface area contributed by atoms with Crippen molar-refractivity contribution in [2.45, 2.75) is 32.9 Å². The maximum atomic E-state index is 6.69. The van der Waals surface area contributed by atoms with Crippen LogP contribution in [0.1, 0.15) is 19.5 Å². The van der Waals surface area contributed by atoms with Gasteiger partial charge >= 0.3 is 0 Å². The fourth-order valence-corrected chi connectivity index (χ4v) is 4.49. The number of nitrogens with one attached hydrogen (secondary N) is 1. The highest BCUT2D eigenvalue weighted by atomic mass is 35.5. The van der Waals surface area contributed by atoms with Crippen LogP contribution in [0.5, 0.6) is 5.88 Å². The van der Waals surface area contributed by atoms with E-state index in [-0.39, 0.29) is 0 Å². The lowest BCUT2D eigenvalue weighted by atomic mass is 10.1. The maximum absolute atomic E-state index is 6.69. The summed E-state index contributed by atoms with van der Waals surface area (Å²) in [7, 11) is 1.58. The summed E-state index contributed by atoms with van der Waals surface area (Å²) in [4.78, 5) is 20.7. The van der Waals surface area contributed by atoms with Gasteiger partial charge in [0.1, 0.15) is 5.69 Å². The average molecular weight is 438 g/mol. The molecule has 1 saturated heterocycles. The predicted octanol–water partition coefficient (Wildman–Crippen LogP) is 3.50. The first-order valence-electron chi connectivity index (χ1n) is 10.3. The Hall–Kier alpha value is -2.97. The smallest absolute Gasteiger partial charge is 0.258 e. The van der Waals surface area contributed by atoms with Crippen LogP contribution in [-0.4, -0.2) is 56.6 Å². The third-order valence-electron chi connectivity index (χ3n) is 5.51. The SMILES string of the molecule is COc1nc(-c2cc(Cl)c3cc(N4C[C@@H](C)N[C@@H](C)C4)cnc3n2)cn2cc(C)nc12. The number of aryl methyl sites for hydroxylation is 1. The molecule has 0 bridgehead atoms.